The maximum absolute atomic E-state index is 5.54. The summed E-state index contributed by atoms with van der Waals surface area (Å²) in [5, 5.41) is 0. The standard InChI is InChI=1S/C4H11N3/c5-2-4(7)1-3(4)6/h3H,1-2,5-7H2. The lowest BCUT2D eigenvalue weighted by Crippen LogP contribution is -2.38. The van der Waals surface area contributed by atoms with Crippen LogP contribution in [0.15, 0.2) is 0 Å². The first-order chi connectivity index (χ1) is 3.19. The van der Waals surface area contributed by atoms with Crippen LogP contribution < -0.4 is 17.2 Å². The number of hydrogen-bond acceptors (Lipinski definition) is 3. The average Bonchev–Trinajstić information content (AvgIpc) is 2.18. The van der Waals surface area contributed by atoms with Gasteiger partial charge in [0, 0.05) is 18.1 Å². The van der Waals surface area contributed by atoms with Gasteiger partial charge in [0.05, 0.1) is 0 Å². The van der Waals surface area contributed by atoms with Gasteiger partial charge in [-0.25, -0.2) is 0 Å². The first kappa shape index (κ1) is 5.03. The lowest BCUT2D eigenvalue weighted by atomic mass is 10.3. The number of rotatable bonds is 1. The molecule has 0 aromatic carbocycles. The fourth-order valence-corrected chi connectivity index (χ4v) is 0.585. The Morgan fingerprint density at radius 3 is 2.14 bits per heavy atom. The smallest absolute Gasteiger partial charge is 0.0448 e. The van der Waals surface area contributed by atoms with Crippen molar-refractivity contribution in [2.75, 3.05) is 6.54 Å². The molecule has 0 spiro atoms. The van der Waals surface area contributed by atoms with Gasteiger partial charge >= 0.3 is 0 Å². The van der Waals surface area contributed by atoms with Gasteiger partial charge in [0.15, 0.2) is 0 Å². The molecule has 7 heavy (non-hydrogen) atoms. The predicted octanol–water partition coefficient (Wildman–Crippen LogP) is -1.63. The molecular weight excluding hydrogens is 90.1 g/mol. The second-order valence-corrected chi connectivity index (χ2v) is 2.25. The van der Waals surface area contributed by atoms with Gasteiger partial charge in [0.1, 0.15) is 0 Å². The molecule has 0 radical (unpaired) electrons. The molecule has 1 saturated carbocycles. The molecule has 2 unspecified atom stereocenters. The summed E-state index contributed by atoms with van der Waals surface area (Å²) in [7, 11) is 0. The molecule has 1 aliphatic carbocycles. The van der Waals surface area contributed by atoms with Crippen LogP contribution in [0.1, 0.15) is 6.42 Å². The Labute approximate surface area is 42.8 Å². The molecule has 42 valence electrons. The molecule has 0 heterocycles. The Bertz CT molecular complexity index is 79.0. The molecule has 0 aliphatic heterocycles. The van der Waals surface area contributed by atoms with Crippen molar-refractivity contribution in [2.45, 2.75) is 18.0 Å². The van der Waals surface area contributed by atoms with E-state index in [9.17, 15) is 0 Å². The van der Waals surface area contributed by atoms with E-state index >= 15 is 0 Å². The summed E-state index contributed by atoms with van der Waals surface area (Å²) in [6.07, 6.45) is 0.892. The van der Waals surface area contributed by atoms with Crippen molar-refractivity contribution < 1.29 is 0 Å². The van der Waals surface area contributed by atoms with E-state index in [-0.39, 0.29) is 11.6 Å². The normalized spacial score (nSPS) is 49.3. The monoisotopic (exact) mass is 101 g/mol. The Balaban J connectivity index is 2.36. The maximum atomic E-state index is 5.54. The highest BCUT2D eigenvalue weighted by Crippen LogP contribution is 2.28. The topological polar surface area (TPSA) is 78.1 Å². The zero-order valence-corrected chi connectivity index (χ0v) is 4.22. The van der Waals surface area contributed by atoms with E-state index in [2.05, 4.69) is 0 Å². The molecule has 2 atom stereocenters. The van der Waals surface area contributed by atoms with E-state index in [1.54, 1.807) is 0 Å². The van der Waals surface area contributed by atoms with Crippen molar-refractivity contribution in [1.29, 1.82) is 0 Å². The van der Waals surface area contributed by atoms with Crippen molar-refractivity contribution in [3.63, 3.8) is 0 Å². The van der Waals surface area contributed by atoms with E-state index in [1.807, 2.05) is 0 Å². The quantitative estimate of drug-likeness (QED) is 0.371. The summed E-state index contributed by atoms with van der Waals surface area (Å²) in [5.74, 6) is 0. The van der Waals surface area contributed by atoms with E-state index in [0.29, 0.717) is 6.54 Å². The third kappa shape index (κ3) is 0.627. The third-order valence-corrected chi connectivity index (χ3v) is 1.56. The minimum atomic E-state index is -0.194. The lowest BCUT2D eigenvalue weighted by Gasteiger charge is -2.01. The Kier molecular flexibility index (Phi) is 0.849. The first-order valence-corrected chi connectivity index (χ1v) is 2.43. The summed E-state index contributed by atoms with van der Waals surface area (Å²) in [5.41, 5.74) is 16.0. The largest absolute Gasteiger partial charge is 0.329 e. The number of hydrogen-bond donors (Lipinski definition) is 3. The van der Waals surface area contributed by atoms with E-state index in [0.717, 1.165) is 6.42 Å². The van der Waals surface area contributed by atoms with Gasteiger partial charge in [-0.2, -0.15) is 0 Å². The van der Waals surface area contributed by atoms with Crippen LogP contribution in [0.4, 0.5) is 0 Å². The Hall–Kier alpha value is -0.120. The molecule has 0 aromatic heterocycles. The second kappa shape index (κ2) is 1.18. The SMILES string of the molecule is NCC1(N)CC1N. The summed E-state index contributed by atoms with van der Waals surface area (Å²) < 4.78 is 0. The molecule has 0 bridgehead atoms. The lowest BCUT2D eigenvalue weighted by molar-refractivity contribution is 0.658. The fraction of sp³-hybridized carbons (Fsp3) is 1.00. The van der Waals surface area contributed by atoms with E-state index in [1.165, 1.54) is 0 Å². The summed E-state index contributed by atoms with van der Waals surface area (Å²) in [6, 6.07) is 0.164. The summed E-state index contributed by atoms with van der Waals surface area (Å²) in [4.78, 5) is 0. The fourth-order valence-electron chi connectivity index (χ4n) is 0.585. The molecule has 0 aromatic rings. The molecule has 1 aliphatic rings. The molecule has 0 amide bonds. The first-order valence-electron chi connectivity index (χ1n) is 2.43. The van der Waals surface area contributed by atoms with Crippen LogP contribution in [0.3, 0.4) is 0 Å². The van der Waals surface area contributed by atoms with Crippen LogP contribution in [-0.2, 0) is 0 Å². The minimum absolute atomic E-state index is 0.164. The average molecular weight is 101 g/mol. The van der Waals surface area contributed by atoms with Crippen LogP contribution in [0.5, 0.6) is 0 Å². The highest BCUT2D eigenvalue weighted by atomic mass is 15.0. The van der Waals surface area contributed by atoms with Gasteiger partial charge in [-0.05, 0) is 6.42 Å². The molecule has 1 rings (SSSR count). The highest BCUT2D eigenvalue weighted by Gasteiger charge is 2.46. The molecule has 6 N–H and O–H groups in total. The maximum Gasteiger partial charge on any atom is 0.0448 e. The van der Waals surface area contributed by atoms with Gasteiger partial charge in [-0.1, -0.05) is 0 Å². The minimum Gasteiger partial charge on any atom is -0.329 e. The van der Waals surface area contributed by atoms with Crippen molar-refractivity contribution >= 4 is 0 Å². The molecule has 3 heteroatoms. The van der Waals surface area contributed by atoms with E-state index in [4.69, 9.17) is 17.2 Å². The van der Waals surface area contributed by atoms with Crippen LogP contribution in [0.2, 0.25) is 0 Å². The summed E-state index contributed by atoms with van der Waals surface area (Å²) >= 11 is 0. The van der Waals surface area contributed by atoms with Crippen LogP contribution in [0.25, 0.3) is 0 Å². The number of nitrogens with two attached hydrogens (primary N) is 3. The summed E-state index contributed by atoms with van der Waals surface area (Å²) in [6.45, 7) is 0.522. The van der Waals surface area contributed by atoms with Crippen LogP contribution in [-0.4, -0.2) is 18.1 Å². The molecule has 1 fully saturated rings. The van der Waals surface area contributed by atoms with Crippen molar-refractivity contribution in [2.24, 2.45) is 17.2 Å². The predicted molar refractivity (Wildman–Crippen MR) is 28.6 cm³/mol. The second-order valence-electron chi connectivity index (χ2n) is 2.25. The van der Waals surface area contributed by atoms with Crippen molar-refractivity contribution in [3.8, 4) is 0 Å². The Morgan fingerprint density at radius 2 is 2.14 bits per heavy atom. The van der Waals surface area contributed by atoms with Crippen molar-refractivity contribution in [1.82, 2.24) is 0 Å². The van der Waals surface area contributed by atoms with Crippen LogP contribution in [0, 0.1) is 0 Å². The van der Waals surface area contributed by atoms with E-state index < -0.39 is 0 Å². The molecular formula is C4H11N3. The van der Waals surface area contributed by atoms with Crippen molar-refractivity contribution in [3.05, 3.63) is 0 Å². The highest BCUT2D eigenvalue weighted by molar-refractivity contribution is 5.12. The van der Waals surface area contributed by atoms with Gasteiger partial charge < -0.3 is 17.2 Å². The van der Waals surface area contributed by atoms with Gasteiger partial charge in [0.25, 0.3) is 0 Å². The Morgan fingerprint density at radius 1 is 1.71 bits per heavy atom. The zero-order valence-electron chi connectivity index (χ0n) is 4.22. The van der Waals surface area contributed by atoms with Gasteiger partial charge in [0.2, 0.25) is 0 Å². The molecule has 3 nitrogen and oxygen atoms in total. The molecule has 0 saturated heterocycles. The van der Waals surface area contributed by atoms with Gasteiger partial charge in [-0.15, -0.1) is 0 Å². The zero-order chi connectivity index (χ0) is 5.49. The van der Waals surface area contributed by atoms with Gasteiger partial charge in [-0.3, -0.25) is 0 Å². The van der Waals surface area contributed by atoms with Crippen LogP contribution >= 0.6 is 0 Å². The third-order valence-electron chi connectivity index (χ3n) is 1.56.